The first kappa shape index (κ1) is 20.7. The number of phenolic OH excluding ortho intramolecular Hbond substituents is 1. The molecule has 0 spiro atoms. The van der Waals surface area contributed by atoms with Crippen LogP contribution in [0.5, 0.6) is 11.5 Å². The molecule has 0 saturated carbocycles. The maximum absolute atomic E-state index is 11.5. The molecule has 0 saturated heterocycles. The Kier molecular flexibility index (Phi) is 10.7. The molecule has 0 bridgehead atoms. The number of halogens is 1. The molecule has 5 heteroatoms. The van der Waals surface area contributed by atoms with Crippen molar-refractivity contribution < 1.29 is 14.6 Å². The molecular formula is C17H28ClNO3. The van der Waals surface area contributed by atoms with Gasteiger partial charge < -0.3 is 15.6 Å². The summed E-state index contributed by atoms with van der Waals surface area (Å²) in [6.07, 6.45) is 5.83. The fourth-order valence-electron chi connectivity index (χ4n) is 2.31. The topological polar surface area (TPSA) is 72.5 Å². The lowest BCUT2D eigenvalue weighted by Gasteiger charge is -2.14. The van der Waals surface area contributed by atoms with Crippen LogP contribution in [-0.2, 0) is 6.42 Å². The van der Waals surface area contributed by atoms with Crippen LogP contribution in [0.25, 0.3) is 0 Å². The summed E-state index contributed by atoms with van der Waals surface area (Å²) in [5.41, 5.74) is 6.57. The van der Waals surface area contributed by atoms with Crippen molar-refractivity contribution in [3.05, 3.63) is 23.3 Å². The van der Waals surface area contributed by atoms with Gasteiger partial charge in [0.15, 0.2) is 5.78 Å². The van der Waals surface area contributed by atoms with Crippen molar-refractivity contribution in [2.24, 2.45) is 5.73 Å². The third-order valence-electron chi connectivity index (χ3n) is 3.48. The van der Waals surface area contributed by atoms with E-state index in [0.717, 1.165) is 44.2 Å². The monoisotopic (exact) mass is 329 g/mol. The van der Waals surface area contributed by atoms with Gasteiger partial charge in [-0.1, -0.05) is 26.2 Å². The highest BCUT2D eigenvalue weighted by Crippen LogP contribution is 2.33. The van der Waals surface area contributed by atoms with E-state index in [2.05, 4.69) is 0 Å². The Morgan fingerprint density at radius 3 is 2.50 bits per heavy atom. The molecule has 0 aliphatic rings. The average Bonchev–Trinajstić information content (AvgIpc) is 2.45. The summed E-state index contributed by atoms with van der Waals surface area (Å²) in [5.74, 6) is 0.640. The van der Waals surface area contributed by atoms with Crippen molar-refractivity contribution in [1.29, 1.82) is 0 Å². The Balaban J connectivity index is 0.00000441. The van der Waals surface area contributed by atoms with Crippen LogP contribution < -0.4 is 10.5 Å². The van der Waals surface area contributed by atoms with Crippen molar-refractivity contribution in [3.8, 4) is 11.5 Å². The van der Waals surface area contributed by atoms with E-state index in [0.29, 0.717) is 24.3 Å². The molecule has 1 aromatic rings. The maximum atomic E-state index is 11.5. The van der Waals surface area contributed by atoms with Crippen molar-refractivity contribution in [2.45, 2.75) is 52.4 Å². The second kappa shape index (κ2) is 11.3. The zero-order chi connectivity index (χ0) is 15.7. The fraction of sp³-hybridized carbons (Fsp3) is 0.588. The van der Waals surface area contributed by atoms with Crippen LogP contribution in [0.1, 0.15) is 61.9 Å². The number of hydrogen-bond acceptors (Lipinski definition) is 4. The smallest absolute Gasteiger partial charge is 0.163 e. The van der Waals surface area contributed by atoms with Gasteiger partial charge in [0, 0.05) is 5.56 Å². The molecule has 4 nitrogen and oxygen atoms in total. The Hall–Kier alpha value is -1.26. The number of nitrogens with two attached hydrogens (primary N) is 1. The van der Waals surface area contributed by atoms with E-state index in [4.69, 9.17) is 10.5 Å². The van der Waals surface area contributed by atoms with E-state index in [-0.39, 0.29) is 23.9 Å². The van der Waals surface area contributed by atoms with Crippen LogP contribution in [-0.4, -0.2) is 24.0 Å². The molecule has 126 valence electrons. The van der Waals surface area contributed by atoms with Gasteiger partial charge in [-0.2, -0.15) is 0 Å². The standard InChI is InChI=1S/C17H27NO3.ClH/c1-3-8-15-16(21-12-7-5-4-6-11-18)10-9-14(13(2)19)17(15)20;/h9-10,20H,3-8,11-12,18H2,1-2H3;1H. The summed E-state index contributed by atoms with van der Waals surface area (Å²) in [6.45, 7) is 4.86. The van der Waals surface area contributed by atoms with Gasteiger partial charge in [-0.05, 0) is 44.9 Å². The van der Waals surface area contributed by atoms with Gasteiger partial charge in [-0.15, -0.1) is 12.4 Å². The summed E-state index contributed by atoms with van der Waals surface area (Å²) in [6, 6.07) is 3.43. The number of aromatic hydroxyl groups is 1. The quantitative estimate of drug-likeness (QED) is 0.505. The second-order valence-electron chi connectivity index (χ2n) is 5.30. The molecule has 0 radical (unpaired) electrons. The van der Waals surface area contributed by atoms with Crippen molar-refractivity contribution in [2.75, 3.05) is 13.2 Å². The van der Waals surface area contributed by atoms with Gasteiger partial charge in [-0.25, -0.2) is 0 Å². The van der Waals surface area contributed by atoms with Gasteiger partial charge in [0.1, 0.15) is 11.5 Å². The van der Waals surface area contributed by atoms with E-state index >= 15 is 0 Å². The number of ether oxygens (including phenoxy) is 1. The molecule has 0 aromatic heterocycles. The number of rotatable bonds is 10. The average molecular weight is 330 g/mol. The molecule has 3 N–H and O–H groups in total. The molecule has 0 atom stereocenters. The Bertz CT molecular complexity index is 463. The molecule has 0 aliphatic carbocycles. The molecular weight excluding hydrogens is 302 g/mol. The first-order valence-electron chi connectivity index (χ1n) is 7.80. The summed E-state index contributed by atoms with van der Waals surface area (Å²) >= 11 is 0. The second-order valence-corrected chi connectivity index (χ2v) is 5.30. The highest BCUT2D eigenvalue weighted by molar-refractivity contribution is 5.97. The van der Waals surface area contributed by atoms with Crippen LogP contribution >= 0.6 is 12.4 Å². The molecule has 22 heavy (non-hydrogen) atoms. The van der Waals surface area contributed by atoms with Crippen LogP contribution in [0.2, 0.25) is 0 Å². The molecule has 0 fully saturated rings. The van der Waals surface area contributed by atoms with E-state index < -0.39 is 0 Å². The maximum Gasteiger partial charge on any atom is 0.163 e. The Morgan fingerprint density at radius 2 is 1.91 bits per heavy atom. The predicted molar refractivity (Wildman–Crippen MR) is 92.4 cm³/mol. The number of ketones is 1. The van der Waals surface area contributed by atoms with Crippen molar-refractivity contribution in [3.63, 3.8) is 0 Å². The van der Waals surface area contributed by atoms with Crippen LogP contribution in [0.4, 0.5) is 0 Å². The van der Waals surface area contributed by atoms with Gasteiger partial charge in [0.2, 0.25) is 0 Å². The zero-order valence-electron chi connectivity index (χ0n) is 13.6. The van der Waals surface area contributed by atoms with Crippen LogP contribution in [0, 0.1) is 0 Å². The van der Waals surface area contributed by atoms with Gasteiger partial charge in [0.05, 0.1) is 12.2 Å². The first-order valence-corrected chi connectivity index (χ1v) is 7.80. The fourth-order valence-corrected chi connectivity index (χ4v) is 2.31. The SMILES string of the molecule is CCCc1c(OCCCCCCN)ccc(C(C)=O)c1O.Cl. The third-order valence-corrected chi connectivity index (χ3v) is 3.48. The normalized spacial score (nSPS) is 10.1. The summed E-state index contributed by atoms with van der Waals surface area (Å²) in [4.78, 5) is 11.5. The molecule has 1 aromatic carbocycles. The first-order chi connectivity index (χ1) is 10.1. The number of carbonyl (C=O) groups is 1. The number of benzene rings is 1. The van der Waals surface area contributed by atoms with E-state index in [1.54, 1.807) is 12.1 Å². The summed E-state index contributed by atoms with van der Waals surface area (Å²) in [7, 11) is 0. The van der Waals surface area contributed by atoms with Crippen LogP contribution in [0.3, 0.4) is 0 Å². The lowest BCUT2D eigenvalue weighted by molar-refractivity contribution is 0.101. The summed E-state index contributed by atoms with van der Waals surface area (Å²) in [5, 5.41) is 10.2. The molecule has 0 aliphatic heterocycles. The predicted octanol–water partition coefficient (Wildman–Crippen LogP) is 3.87. The molecule has 0 unspecified atom stereocenters. The third kappa shape index (κ3) is 6.24. The minimum atomic E-state index is -0.127. The zero-order valence-corrected chi connectivity index (χ0v) is 14.4. The van der Waals surface area contributed by atoms with E-state index in [9.17, 15) is 9.90 Å². The number of hydrogen-bond donors (Lipinski definition) is 2. The number of Topliss-reactive ketones (excluding diaryl/α,β-unsaturated/α-hetero) is 1. The van der Waals surface area contributed by atoms with Gasteiger partial charge in [-0.3, -0.25) is 4.79 Å². The lowest BCUT2D eigenvalue weighted by atomic mass is 10.0. The molecule has 1 rings (SSSR count). The minimum absolute atomic E-state index is 0. The Morgan fingerprint density at radius 1 is 1.23 bits per heavy atom. The van der Waals surface area contributed by atoms with E-state index in [1.807, 2.05) is 6.92 Å². The molecule has 0 amide bonds. The highest BCUT2D eigenvalue weighted by atomic mass is 35.5. The number of carbonyl (C=O) groups excluding carboxylic acids is 1. The van der Waals surface area contributed by atoms with Crippen LogP contribution in [0.15, 0.2) is 12.1 Å². The Labute approximate surface area is 139 Å². The lowest BCUT2D eigenvalue weighted by Crippen LogP contribution is -2.04. The highest BCUT2D eigenvalue weighted by Gasteiger charge is 2.15. The van der Waals surface area contributed by atoms with E-state index in [1.165, 1.54) is 6.92 Å². The van der Waals surface area contributed by atoms with Crippen molar-refractivity contribution >= 4 is 18.2 Å². The number of unbranched alkanes of at least 4 members (excludes halogenated alkanes) is 3. The number of phenols is 1. The van der Waals surface area contributed by atoms with Crippen molar-refractivity contribution in [1.82, 2.24) is 0 Å². The largest absolute Gasteiger partial charge is 0.507 e. The van der Waals surface area contributed by atoms with Gasteiger partial charge >= 0.3 is 0 Å². The summed E-state index contributed by atoms with van der Waals surface area (Å²) < 4.78 is 5.78. The minimum Gasteiger partial charge on any atom is -0.507 e. The molecule has 0 heterocycles. The van der Waals surface area contributed by atoms with Gasteiger partial charge in [0.25, 0.3) is 0 Å².